The van der Waals surface area contributed by atoms with Gasteiger partial charge in [0.25, 0.3) is 11.7 Å². The second-order valence-electron chi connectivity index (χ2n) is 4.67. The van der Waals surface area contributed by atoms with Crippen molar-refractivity contribution < 1.29 is 9.32 Å². The number of nitrogens with zero attached hydrogens (tertiary/aromatic N) is 3. The first-order valence-electron chi connectivity index (χ1n) is 6.50. The molecule has 18 heavy (non-hydrogen) atoms. The number of aromatic nitrogens is 2. The van der Waals surface area contributed by atoms with E-state index >= 15 is 0 Å². The molecule has 1 aliphatic rings. The molecule has 0 saturated carbocycles. The molecule has 100 valence electrons. The fourth-order valence-corrected chi connectivity index (χ4v) is 2.27. The zero-order valence-corrected chi connectivity index (χ0v) is 11.1. The van der Waals surface area contributed by atoms with Crippen molar-refractivity contribution in [1.82, 2.24) is 20.4 Å². The van der Waals surface area contributed by atoms with Crippen LogP contribution in [0.25, 0.3) is 0 Å². The van der Waals surface area contributed by atoms with Gasteiger partial charge in [0.2, 0.25) is 5.89 Å². The molecular formula is C12H20N4O2. The van der Waals surface area contributed by atoms with Gasteiger partial charge in [0.05, 0.1) is 0 Å². The number of hydrogen-bond acceptors (Lipinski definition) is 5. The molecule has 1 aliphatic heterocycles. The highest BCUT2D eigenvalue weighted by Gasteiger charge is 2.32. The normalized spacial score (nSPS) is 24.3. The maximum atomic E-state index is 12.4. The Morgan fingerprint density at radius 3 is 2.83 bits per heavy atom. The molecular weight excluding hydrogens is 232 g/mol. The Labute approximate surface area is 107 Å². The highest BCUT2D eigenvalue weighted by molar-refractivity contribution is 5.90. The van der Waals surface area contributed by atoms with E-state index in [0.29, 0.717) is 18.5 Å². The largest absolute Gasteiger partial charge is 0.339 e. The number of carbonyl (C=O) groups excluding carboxylic acids is 1. The minimum absolute atomic E-state index is 0.126. The molecule has 6 nitrogen and oxygen atoms in total. The molecule has 2 heterocycles. The van der Waals surface area contributed by atoms with E-state index in [0.717, 1.165) is 19.4 Å². The lowest BCUT2D eigenvalue weighted by atomic mass is 10.1. The van der Waals surface area contributed by atoms with Crippen molar-refractivity contribution >= 4 is 5.91 Å². The lowest BCUT2D eigenvalue weighted by Crippen LogP contribution is -2.58. The summed E-state index contributed by atoms with van der Waals surface area (Å²) < 4.78 is 4.87. The number of hydrogen-bond donors (Lipinski definition) is 1. The van der Waals surface area contributed by atoms with E-state index in [-0.39, 0.29) is 17.8 Å². The Balaban J connectivity index is 2.14. The molecule has 6 heteroatoms. The van der Waals surface area contributed by atoms with Crippen LogP contribution in [-0.4, -0.2) is 46.1 Å². The highest BCUT2D eigenvalue weighted by atomic mass is 16.5. The molecule has 0 bridgehead atoms. The van der Waals surface area contributed by atoms with Crippen molar-refractivity contribution in [3.63, 3.8) is 0 Å². The number of amides is 1. The SMILES string of the molecule is CCC1CN(C(=O)c2noc(C)n2)C(CC)CN1. The summed E-state index contributed by atoms with van der Waals surface area (Å²) in [5.74, 6) is 0.468. The van der Waals surface area contributed by atoms with Gasteiger partial charge in [0.1, 0.15) is 0 Å². The number of rotatable bonds is 3. The molecule has 0 aliphatic carbocycles. The van der Waals surface area contributed by atoms with Gasteiger partial charge >= 0.3 is 0 Å². The van der Waals surface area contributed by atoms with Gasteiger partial charge in [-0.3, -0.25) is 4.79 Å². The molecule has 2 unspecified atom stereocenters. The number of carbonyl (C=O) groups is 1. The van der Waals surface area contributed by atoms with Crippen molar-refractivity contribution in [2.45, 2.75) is 45.7 Å². The zero-order chi connectivity index (χ0) is 13.1. The van der Waals surface area contributed by atoms with Gasteiger partial charge in [-0.05, 0) is 12.8 Å². The van der Waals surface area contributed by atoms with E-state index in [1.807, 2.05) is 4.90 Å². The average molecular weight is 252 g/mol. The first-order chi connectivity index (χ1) is 8.65. The van der Waals surface area contributed by atoms with Crippen molar-refractivity contribution in [1.29, 1.82) is 0 Å². The third-order valence-corrected chi connectivity index (χ3v) is 3.44. The third-order valence-electron chi connectivity index (χ3n) is 3.44. The van der Waals surface area contributed by atoms with Crippen LogP contribution in [0.3, 0.4) is 0 Å². The Morgan fingerprint density at radius 1 is 1.50 bits per heavy atom. The molecule has 1 N–H and O–H groups in total. The Kier molecular flexibility index (Phi) is 3.96. The Bertz CT molecular complexity index is 418. The van der Waals surface area contributed by atoms with Crippen LogP contribution < -0.4 is 5.32 Å². The molecule has 1 fully saturated rings. The second-order valence-corrected chi connectivity index (χ2v) is 4.67. The van der Waals surface area contributed by atoms with Crippen molar-refractivity contribution in [3.05, 3.63) is 11.7 Å². The fourth-order valence-electron chi connectivity index (χ4n) is 2.27. The topological polar surface area (TPSA) is 71.3 Å². The minimum atomic E-state index is -0.126. The number of nitrogens with one attached hydrogen (secondary N) is 1. The molecule has 2 rings (SSSR count). The summed E-state index contributed by atoms with van der Waals surface area (Å²) in [5.41, 5.74) is 0. The number of piperazine rings is 1. The lowest BCUT2D eigenvalue weighted by Gasteiger charge is -2.39. The van der Waals surface area contributed by atoms with Gasteiger partial charge in [0, 0.05) is 32.1 Å². The molecule has 2 atom stereocenters. The van der Waals surface area contributed by atoms with E-state index in [1.165, 1.54) is 0 Å². The van der Waals surface area contributed by atoms with E-state index in [1.54, 1.807) is 6.92 Å². The van der Waals surface area contributed by atoms with Gasteiger partial charge in [-0.25, -0.2) is 0 Å². The van der Waals surface area contributed by atoms with Gasteiger partial charge < -0.3 is 14.7 Å². The van der Waals surface area contributed by atoms with Crippen molar-refractivity contribution in [2.75, 3.05) is 13.1 Å². The summed E-state index contributed by atoms with van der Waals surface area (Å²) in [4.78, 5) is 18.2. The molecule has 1 aromatic heterocycles. The average Bonchev–Trinajstić information content (AvgIpc) is 2.83. The molecule has 1 amide bonds. The van der Waals surface area contributed by atoms with E-state index in [2.05, 4.69) is 29.3 Å². The monoisotopic (exact) mass is 252 g/mol. The predicted octanol–water partition coefficient (Wildman–Crippen LogP) is 0.981. The maximum absolute atomic E-state index is 12.4. The van der Waals surface area contributed by atoms with Crippen molar-refractivity contribution in [3.8, 4) is 0 Å². The summed E-state index contributed by atoms with van der Waals surface area (Å²) in [7, 11) is 0. The first-order valence-corrected chi connectivity index (χ1v) is 6.50. The molecule has 1 aromatic rings. The second kappa shape index (κ2) is 5.48. The Hall–Kier alpha value is -1.43. The van der Waals surface area contributed by atoms with Crippen LogP contribution in [0.2, 0.25) is 0 Å². The Morgan fingerprint density at radius 2 is 2.28 bits per heavy atom. The smallest absolute Gasteiger partial charge is 0.295 e. The summed E-state index contributed by atoms with van der Waals surface area (Å²) in [6, 6.07) is 0.559. The summed E-state index contributed by atoms with van der Waals surface area (Å²) in [5, 5.41) is 7.17. The highest BCUT2D eigenvalue weighted by Crippen LogP contribution is 2.14. The van der Waals surface area contributed by atoms with E-state index < -0.39 is 0 Å². The lowest BCUT2D eigenvalue weighted by molar-refractivity contribution is 0.0560. The summed E-state index contributed by atoms with van der Waals surface area (Å²) in [6.45, 7) is 7.43. The standard InChI is InChI=1S/C12H20N4O2/c1-4-9-7-16(10(5-2)6-13-9)12(17)11-14-8(3)18-15-11/h9-10,13H,4-7H2,1-3H3. The van der Waals surface area contributed by atoms with Gasteiger partial charge in [-0.1, -0.05) is 19.0 Å². The summed E-state index contributed by atoms with van der Waals surface area (Å²) >= 11 is 0. The van der Waals surface area contributed by atoms with Crippen LogP contribution >= 0.6 is 0 Å². The summed E-state index contributed by atoms with van der Waals surface area (Å²) in [6.07, 6.45) is 1.93. The van der Waals surface area contributed by atoms with Gasteiger partial charge in [-0.15, -0.1) is 0 Å². The van der Waals surface area contributed by atoms with Crippen LogP contribution in [0, 0.1) is 6.92 Å². The third kappa shape index (κ3) is 2.53. The van der Waals surface area contributed by atoms with Crippen LogP contribution in [0.4, 0.5) is 0 Å². The predicted molar refractivity (Wildman–Crippen MR) is 66.2 cm³/mol. The fraction of sp³-hybridized carbons (Fsp3) is 0.750. The molecule has 0 aromatic carbocycles. The van der Waals surface area contributed by atoms with E-state index in [4.69, 9.17) is 4.52 Å². The van der Waals surface area contributed by atoms with Crippen molar-refractivity contribution in [2.24, 2.45) is 0 Å². The first kappa shape index (κ1) is 13.0. The quantitative estimate of drug-likeness (QED) is 0.868. The van der Waals surface area contributed by atoms with E-state index in [9.17, 15) is 4.79 Å². The molecule has 0 radical (unpaired) electrons. The number of aryl methyl sites for hydroxylation is 1. The van der Waals surface area contributed by atoms with Gasteiger partial charge in [-0.2, -0.15) is 4.98 Å². The maximum Gasteiger partial charge on any atom is 0.295 e. The van der Waals surface area contributed by atoms with Crippen LogP contribution in [0.1, 0.15) is 43.2 Å². The molecule has 0 spiro atoms. The van der Waals surface area contributed by atoms with Gasteiger partial charge in [0.15, 0.2) is 0 Å². The molecule has 1 saturated heterocycles. The van der Waals surface area contributed by atoms with Crippen LogP contribution in [0.15, 0.2) is 4.52 Å². The zero-order valence-electron chi connectivity index (χ0n) is 11.1. The van der Waals surface area contributed by atoms with Crippen LogP contribution in [0.5, 0.6) is 0 Å². The minimum Gasteiger partial charge on any atom is -0.339 e. The van der Waals surface area contributed by atoms with Crippen LogP contribution in [-0.2, 0) is 0 Å².